The molecule has 1 N–H and O–H groups in total. The predicted molar refractivity (Wildman–Crippen MR) is 115 cm³/mol. The van der Waals surface area contributed by atoms with Gasteiger partial charge in [0.2, 0.25) is 5.91 Å². The third-order valence-electron chi connectivity index (χ3n) is 6.33. The number of hydrogen-bond donors (Lipinski definition) is 1. The van der Waals surface area contributed by atoms with E-state index >= 15 is 0 Å². The number of fused-ring (bicyclic) bond motifs is 1. The lowest BCUT2D eigenvalue weighted by Crippen LogP contribution is -2.65. The molecule has 31 heavy (non-hydrogen) atoms. The lowest BCUT2D eigenvalue weighted by Gasteiger charge is -2.44. The van der Waals surface area contributed by atoms with Gasteiger partial charge >= 0.3 is 5.97 Å². The number of esters is 1. The number of benzene rings is 1. The number of carbonyl (C=O) groups is 3. The largest absolute Gasteiger partial charge is 0.464 e. The van der Waals surface area contributed by atoms with E-state index in [1.807, 2.05) is 31.2 Å². The number of para-hydroxylation sites is 1. The Morgan fingerprint density at radius 3 is 2.58 bits per heavy atom. The Labute approximate surface area is 181 Å². The second-order valence-corrected chi connectivity index (χ2v) is 8.57. The van der Waals surface area contributed by atoms with Gasteiger partial charge in [0.15, 0.2) is 5.69 Å². The van der Waals surface area contributed by atoms with Gasteiger partial charge in [-0.15, -0.1) is 0 Å². The van der Waals surface area contributed by atoms with E-state index in [0.29, 0.717) is 5.69 Å². The number of ether oxygens (including phenoxy) is 1. The number of aromatic nitrogens is 2. The van der Waals surface area contributed by atoms with Crippen LogP contribution in [0.3, 0.4) is 0 Å². The highest BCUT2D eigenvalue weighted by Crippen LogP contribution is 2.35. The van der Waals surface area contributed by atoms with Crippen molar-refractivity contribution in [3.8, 4) is 0 Å². The molecule has 1 aromatic heterocycles. The van der Waals surface area contributed by atoms with Crippen molar-refractivity contribution in [1.82, 2.24) is 15.1 Å². The molecule has 1 aliphatic heterocycles. The number of anilines is 1. The Balaban J connectivity index is 1.77. The summed E-state index contributed by atoms with van der Waals surface area (Å²) in [5.41, 5.74) is 0.654. The third kappa shape index (κ3) is 3.71. The van der Waals surface area contributed by atoms with Gasteiger partial charge in [-0.25, -0.2) is 4.79 Å². The van der Waals surface area contributed by atoms with Crippen LogP contribution in [0.25, 0.3) is 0 Å². The van der Waals surface area contributed by atoms with Gasteiger partial charge in [0.25, 0.3) is 5.91 Å². The molecule has 2 heterocycles. The molecule has 1 saturated carbocycles. The molecule has 2 amide bonds. The van der Waals surface area contributed by atoms with Gasteiger partial charge < -0.3 is 10.1 Å². The van der Waals surface area contributed by atoms with Crippen molar-refractivity contribution in [1.29, 1.82) is 0 Å². The van der Waals surface area contributed by atoms with Crippen molar-refractivity contribution in [2.75, 3.05) is 12.0 Å². The summed E-state index contributed by atoms with van der Waals surface area (Å²) < 4.78 is 6.21. The molecule has 2 aliphatic rings. The molecule has 4 rings (SSSR count). The average Bonchev–Trinajstić information content (AvgIpc) is 3.19. The highest BCUT2D eigenvalue weighted by atomic mass is 16.5. The van der Waals surface area contributed by atoms with Crippen molar-refractivity contribution >= 4 is 23.5 Å². The van der Waals surface area contributed by atoms with E-state index in [-0.39, 0.29) is 35.8 Å². The summed E-state index contributed by atoms with van der Waals surface area (Å²) in [6.45, 7) is 3.81. The van der Waals surface area contributed by atoms with E-state index < -0.39 is 11.5 Å². The third-order valence-corrected chi connectivity index (χ3v) is 6.33. The molecule has 8 heteroatoms. The standard InChI is InChI=1S/C23H28N4O4/c1-15-9-7-8-12-18(15)27-20(28)19-13-17(21(29)31-3)25-26(19)14-23(27,2)22(30)24-16-10-5-4-6-11-16/h7-9,12-13,16H,4-6,10-11,14H2,1-3H3,(H,24,30)/t23-/m1/s1. The molecular formula is C23H28N4O4. The SMILES string of the molecule is COC(=O)c1cc2n(n1)C[C@](C)(C(=O)NC1CCCCC1)N(c1ccccc1C)C2=O. The lowest BCUT2D eigenvalue weighted by atomic mass is 9.90. The zero-order valence-corrected chi connectivity index (χ0v) is 18.2. The molecule has 1 atom stereocenters. The number of methoxy groups -OCH3 is 1. The number of rotatable bonds is 4. The fourth-order valence-electron chi connectivity index (χ4n) is 4.57. The number of nitrogens with one attached hydrogen (secondary N) is 1. The Hall–Kier alpha value is -3.16. The molecule has 0 radical (unpaired) electrons. The molecule has 0 spiro atoms. The number of amides is 2. The highest BCUT2D eigenvalue weighted by molar-refractivity contribution is 6.12. The van der Waals surface area contributed by atoms with Gasteiger partial charge in [0.1, 0.15) is 11.2 Å². The summed E-state index contributed by atoms with van der Waals surface area (Å²) in [6.07, 6.45) is 5.26. The van der Waals surface area contributed by atoms with Crippen LogP contribution in [0, 0.1) is 6.92 Å². The summed E-state index contributed by atoms with van der Waals surface area (Å²) in [6, 6.07) is 9.03. The fourth-order valence-corrected chi connectivity index (χ4v) is 4.57. The first-order chi connectivity index (χ1) is 14.8. The summed E-state index contributed by atoms with van der Waals surface area (Å²) in [4.78, 5) is 40.8. The Morgan fingerprint density at radius 1 is 1.19 bits per heavy atom. The molecule has 1 fully saturated rings. The van der Waals surface area contributed by atoms with Crippen molar-refractivity contribution < 1.29 is 19.1 Å². The Kier molecular flexibility index (Phi) is 5.56. The van der Waals surface area contributed by atoms with Gasteiger partial charge in [-0.1, -0.05) is 37.5 Å². The molecule has 0 unspecified atom stereocenters. The number of aryl methyl sites for hydroxylation is 1. The average molecular weight is 425 g/mol. The maximum Gasteiger partial charge on any atom is 0.358 e. The fraction of sp³-hybridized carbons (Fsp3) is 0.478. The van der Waals surface area contributed by atoms with Crippen LogP contribution in [0.5, 0.6) is 0 Å². The zero-order valence-electron chi connectivity index (χ0n) is 18.2. The summed E-state index contributed by atoms with van der Waals surface area (Å²) in [5.74, 6) is -1.20. The van der Waals surface area contributed by atoms with Gasteiger partial charge in [-0.3, -0.25) is 19.2 Å². The first-order valence-corrected chi connectivity index (χ1v) is 10.7. The van der Waals surface area contributed by atoms with Crippen molar-refractivity contribution in [3.63, 3.8) is 0 Å². The van der Waals surface area contributed by atoms with Crippen molar-refractivity contribution in [3.05, 3.63) is 47.3 Å². The number of carbonyl (C=O) groups excluding carboxylic acids is 3. The van der Waals surface area contributed by atoms with Crippen LogP contribution in [-0.2, 0) is 16.1 Å². The molecule has 2 aromatic rings. The van der Waals surface area contributed by atoms with Crippen LogP contribution in [0.2, 0.25) is 0 Å². The zero-order chi connectivity index (χ0) is 22.2. The second-order valence-electron chi connectivity index (χ2n) is 8.57. The van der Waals surface area contributed by atoms with Crippen LogP contribution < -0.4 is 10.2 Å². The van der Waals surface area contributed by atoms with E-state index in [1.54, 1.807) is 11.8 Å². The lowest BCUT2D eigenvalue weighted by molar-refractivity contribution is -0.127. The minimum atomic E-state index is -1.20. The topological polar surface area (TPSA) is 93.5 Å². The van der Waals surface area contributed by atoms with Gasteiger partial charge in [0, 0.05) is 17.8 Å². The molecule has 1 aliphatic carbocycles. The molecule has 164 valence electrons. The normalized spacial score (nSPS) is 21.5. The Morgan fingerprint density at radius 2 is 1.90 bits per heavy atom. The maximum absolute atomic E-state index is 13.6. The minimum Gasteiger partial charge on any atom is -0.464 e. The van der Waals surface area contributed by atoms with E-state index in [2.05, 4.69) is 10.4 Å². The molecule has 8 nitrogen and oxygen atoms in total. The van der Waals surface area contributed by atoms with Gasteiger partial charge in [0.05, 0.1) is 13.7 Å². The van der Waals surface area contributed by atoms with Crippen LogP contribution in [0.4, 0.5) is 5.69 Å². The maximum atomic E-state index is 13.6. The number of nitrogens with zero attached hydrogens (tertiary/aromatic N) is 3. The van der Waals surface area contributed by atoms with Crippen molar-refractivity contribution in [2.24, 2.45) is 0 Å². The summed E-state index contributed by atoms with van der Waals surface area (Å²) in [5, 5.41) is 7.44. The van der Waals surface area contributed by atoms with Crippen molar-refractivity contribution in [2.45, 2.75) is 64.1 Å². The van der Waals surface area contributed by atoms with E-state index in [0.717, 1.165) is 31.2 Å². The quantitative estimate of drug-likeness (QED) is 0.762. The van der Waals surface area contributed by atoms with Crippen LogP contribution in [0.15, 0.2) is 30.3 Å². The predicted octanol–water partition coefficient (Wildman–Crippen LogP) is 2.85. The molecular weight excluding hydrogens is 396 g/mol. The molecule has 1 aromatic carbocycles. The molecule has 0 saturated heterocycles. The first-order valence-electron chi connectivity index (χ1n) is 10.7. The highest BCUT2D eigenvalue weighted by Gasteiger charge is 2.49. The monoisotopic (exact) mass is 424 g/mol. The van der Waals surface area contributed by atoms with E-state index in [4.69, 9.17) is 4.74 Å². The summed E-state index contributed by atoms with van der Waals surface area (Å²) in [7, 11) is 1.27. The van der Waals surface area contributed by atoms with Crippen LogP contribution >= 0.6 is 0 Å². The second kappa shape index (κ2) is 8.17. The minimum absolute atomic E-state index is 0.0486. The smallest absolute Gasteiger partial charge is 0.358 e. The van der Waals surface area contributed by atoms with E-state index in [1.165, 1.54) is 24.3 Å². The molecule has 0 bridgehead atoms. The van der Waals surface area contributed by atoms with Gasteiger partial charge in [-0.2, -0.15) is 5.10 Å². The summed E-state index contributed by atoms with van der Waals surface area (Å²) >= 11 is 0. The van der Waals surface area contributed by atoms with Gasteiger partial charge in [-0.05, 0) is 38.3 Å². The van der Waals surface area contributed by atoms with Crippen LogP contribution in [0.1, 0.15) is 65.6 Å². The van der Waals surface area contributed by atoms with E-state index in [9.17, 15) is 14.4 Å². The van der Waals surface area contributed by atoms with Crippen LogP contribution in [-0.4, -0.2) is 46.3 Å². The number of hydrogen-bond acceptors (Lipinski definition) is 5. The Bertz CT molecular complexity index is 1020. The first kappa shape index (κ1) is 21.1.